The molecule has 0 radical (unpaired) electrons. The Bertz CT molecular complexity index is 446. The lowest BCUT2D eigenvalue weighted by Crippen LogP contribution is -2.18. The van der Waals surface area contributed by atoms with Gasteiger partial charge in [0.2, 0.25) is 0 Å². The van der Waals surface area contributed by atoms with Crippen molar-refractivity contribution in [3.8, 4) is 0 Å². The van der Waals surface area contributed by atoms with E-state index in [1.165, 1.54) is 0 Å². The summed E-state index contributed by atoms with van der Waals surface area (Å²) in [5.74, 6) is -1.50. The van der Waals surface area contributed by atoms with E-state index in [1.54, 1.807) is 6.92 Å². The molecule has 2 N–H and O–H groups in total. The first-order chi connectivity index (χ1) is 8.25. The highest BCUT2D eigenvalue weighted by Gasteiger charge is 2.32. The Kier molecular flexibility index (Phi) is 4.15. The molecule has 0 aromatic carbocycles. The first-order valence-corrected chi connectivity index (χ1v) is 5.32. The maximum atomic E-state index is 12.4. The van der Waals surface area contributed by atoms with Gasteiger partial charge in [0.05, 0.1) is 5.56 Å². The molecular weight excluding hydrogens is 249 g/mol. The average Bonchev–Trinajstić information content (AvgIpc) is 2.27. The van der Waals surface area contributed by atoms with E-state index in [9.17, 15) is 18.0 Å². The lowest BCUT2D eigenvalue weighted by Gasteiger charge is -2.15. The van der Waals surface area contributed by atoms with Gasteiger partial charge >= 0.3 is 12.1 Å². The van der Waals surface area contributed by atoms with E-state index in [0.717, 1.165) is 0 Å². The predicted octanol–water partition coefficient (Wildman–Crippen LogP) is 3.01. The van der Waals surface area contributed by atoms with Crippen molar-refractivity contribution in [2.75, 3.05) is 5.32 Å². The van der Waals surface area contributed by atoms with Crippen molar-refractivity contribution >= 4 is 11.8 Å². The molecule has 1 rings (SSSR count). The summed E-state index contributed by atoms with van der Waals surface area (Å²) < 4.78 is 37.3. The van der Waals surface area contributed by atoms with Crippen molar-refractivity contribution in [2.24, 2.45) is 0 Å². The summed E-state index contributed by atoms with van der Waals surface area (Å²) in [4.78, 5) is 14.5. The van der Waals surface area contributed by atoms with Gasteiger partial charge in [-0.3, -0.25) is 0 Å². The minimum atomic E-state index is -4.61. The Balaban J connectivity index is 3.17. The van der Waals surface area contributed by atoms with Crippen LogP contribution in [0.4, 0.5) is 19.0 Å². The molecule has 18 heavy (non-hydrogen) atoms. The van der Waals surface area contributed by atoms with Crippen LogP contribution < -0.4 is 5.32 Å². The van der Waals surface area contributed by atoms with E-state index >= 15 is 0 Å². The molecule has 1 atom stereocenters. The lowest BCUT2D eigenvalue weighted by molar-refractivity contribution is -0.137. The molecule has 0 bridgehead atoms. The molecule has 1 aromatic heterocycles. The number of aromatic carboxylic acids is 1. The van der Waals surface area contributed by atoms with Crippen LogP contribution >= 0.6 is 0 Å². The number of carboxylic acids is 1. The molecule has 1 aromatic rings. The molecule has 1 heterocycles. The van der Waals surface area contributed by atoms with Crippen LogP contribution in [0.1, 0.15) is 36.2 Å². The van der Waals surface area contributed by atoms with Gasteiger partial charge in [0.25, 0.3) is 0 Å². The Morgan fingerprint density at radius 1 is 1.56 bits per heavy atom. The molecule has 100 valence electrons. The number of halogens is 3. The topological polar surface area (TPSA) is 62.2 Å². The molecule has 0 aliphatic carbocycles. The van der Waals surface area contributed by atoms with Crippen LogP contribution in [0.25, 0.3) is 0 Å². The highest BCUT2D eigenvalue weighted by atomic mass is 19.4. The first kappa shape index (κ1) is 14.3. The van der Waals surface area contributed by atoms with Gasteiger partial charge in [0, 0.05) is 12.2 Å². The first-order valence-electron chi connectivity index (χ1n) is 5.32. The second kappa shape index (κ2) is 5.24. The van der Waals surface area contributed by atoms with E-state index in [4.69, 9.17) is 5.11 Å². The number of hydrogen-bond acceptors (Lipinski definition) is 3. The average molecular weight is 262 g/mol. The minimum Gasteiger partial charge on any atom is -0.478 e. The molecule has 7 heteroatoms. The number of aromatic nitrogens is 1. The summed E-state index contributed by atoms with van der Waals surface area (Å²) in [5.41, 5.74) is -1.56. The van der Waals surface area contributed by atoms with Crippen LogP contribution in [-0.4, -0.2) is 22.1 Å². The van der Waals surface area contributed by atoms with Crippen molar-refractivity contribution in [2.45, 2.75) is 32.5 Å². The molecule has 0 aliphatic rings. The number of carboxylic acid groups (broad SMARTS) is 1. The number of rotatable bonds is 4. The largest absolute Gasteiger partial charge is 0.478 e. The number of carbonyl (C=O) groups is 1. The maximum Gasteiger partial charge on any atom is 0.417 e. The summed E-state index contributed by atoms with van der Waals surface area (Å²) in [6, 6.07) is 0.507. The Hall–Kier alpha value is -1.79. The predicted molar refractivity (Wildman–Crippen MR) is 59.6 cm³/mol. The SMILES string of the molecule is CCC(C)Nc1ncc(C(F)(F)F)cc1C(=O)O. The molecule has 0 aliphatic heterocycles. The van der Waals surface area contributed by atoms with Crippen LogP contribution in [0.5, 0.6) is 0 Å². The van der Waals surface area contributed by atoms with Crippen LogP contribution in [0, 0.1) is 0 Å². The zero-order valence-electron chi connectivity index (χ0n) is 9.88. The number of nitrogens with zero attached hydrogens (tertiary/aromatic N) is 1. The molecule has 0 saturated heterocycles. The van der Waals surface area contributed by atoms with E-state index in [1.807, 2.05) is 6.92 Å². The zero-order valence-corrected chi connectivity index (χ0v) is 9.88. The normalized spacial score (nSPS) is 13.2. The molecule has 0 saturated carbocycles. The van der Waals surface area contributed by atoms with E-state index in [-0.39, 0.29) is 11.9 Å². The summed E-state index contributed by atoms with van der Waals surface area (Å²) >= 11 is 0. The van der Waals surface area contributed by atoms with Crippen molar-refractivity contribution in [3.05, 3.63) is 23.4 Å². The van der Waals surface area contributed by atoms with Crippen molar-refractivity contribution in [1.29, 1.82) is 0 Å². The molecule has 0 amide bonds. The Morgan fingerprint density at radius 3 is 2.61 bits per heavy atom. The zero-order chi connectivity index (χ0) is 13.9. The van der Waals surface area contributed by atoms with Crippen LogP contribution in [0.15, 0.2) is 12.3 Å². The van der Waals surface area contributed by atoms with E-state index < -0.39 is 23.3 Å². The van der Waals surface area contributed by atoms with Gasteiger partial charge in [-0.1, -0.05) is 6.92 Å². The van der Waals surface area contributed by atoms with E-state index in [2.05, 4.69) is 10.3 Å². The summed E-state index contributed by atoms with van der Waals surface area (Å²) in [5, 5.41) is 11.7. The van der Waals surface area contributed by atoms with E-state index in [0.29, 0.717) is 18.7 Å². The monoisotopic (exact) mass is 262 g/mol. The lowest BCUT2D eigenvalue weighted by atomic mass is 10.1. The molecule has 0 fully saturated rings. The van der Waals surface area contributed by atoms with Gasteiger partial charge in [0.15, 0.2) is 0 Å². The minimum absolute atomic E-state index is 0.0511. The van der Waals surface area contributed by atoms with Crippen LogP contribution in [-0.2, 0) is 6.18 Å². The van der Waals surface area contributed by atoms with Crippen molar-refractivity contribution in [1.82, 2.24) is 4.98 Å². The third-order valence-electron chi connectivity index (χ3n) is 2.44. The third kappa shape index (κ3) is 3.35. The van der Waals surface area contributed by atoms with Gasteiger partial charge in [-0.2, -0.15) is 13.2 Å². The van der Waals surface area contributed by atoms with Crippen molar-refractivity contribution < 1.29 is 23.1 Å². The number of anilines is 1. The number of pyridine rings is 1. The standard InChI is InChI=1S/C11H13F3N2O2/c1-3-6(2)16-9-8(10(17)18)4-7(5-15-9)11(12,13)14/h4-6H,3H2,1-2H3,(H,15,16)(H,17,18). The summed E-state index contributed by atoms with van der Waals surface area (Å²) in [6.07, 6.45) is -3.29. The summed E-state index contributed by atoms with van der Waals surface area (Å²) in [7, 11) is 0. The van der Waals surface area contributed by atoms with Crippen molar-refractivity contribution in [3.63, 3.8) is 0 Å². The second-order valence-corrected chi connectivity index (χ2v) is 3.88. The Labute approximate surface area is 102 Å². The van der Waals surface area contributed by atoms with Gasteiger partial charge in [-0.05, 0) is 19.4 Å². The Morgan fingerprint density at radius 2 is 2.17 bits per heavy atom. The highest BCUT2D eigenvalue weighted by Crippen LogP contribution is 2.30. The molecular formula is C11H13F3N2O2. The summed E-state index contributed by atoms with van der Waals surface area (Å²) in [6.45, 7) is 3.65. The van der Waals surface area contributed by atoms with Gasteiger partial charge in [-0.15, -0.1) is 0 Å². The van der Waals surface area contributed by atoms with Gasteiger partial charge < -0.3 is 10.4 Å². The second-order valence-electron chi connectivity index (χ2n) is 3.88. The highest BCUT2D eigenvalue weighted by molar-refractivity contribution is 5.93. The van der Waals surface area contributed by atoms with Gasteiger partial charge in [-0.25, -0.2) is 9.78 Å². The quantitative estimate of drug-likeness (QED) is 0.875. The number of hydrogen-bond donors (Lipinski definition) is 2. The molecule has 1 unspecified atom stereocenters. The fourth-order valence-electron chi connectivity index (χ4n) is 1.23. The smallest absolute Gasteiger partial charge is 0.417 e. The third-order valence-corrected chi connectivity index (χ3v) is 2.44. The van der Waals surface area contributed by atoms with Crippen LogP contribution in [0.2, 0.25) is 0 Å². The molecule has 4 nitrogen and oxygen atoms in total. The number of nitrogens with one attached hydrogen (secondary N) is 1. The fraction of sp³-hybridized carbons (Fsp3) is 0.455. The molecule has 0 spiro atoms. The van der Waals surface area contributed by atoms with Gasteiger partial charge in [0.1, 0.15) is 11.4 Å². The number of alkyl halides is 3. The fourth-order valence-corrected chi connectivity index (χ4v) is 1.23. The maximum absolute atomic E-state index is 12.4. The van der Waals surface area contributed by atoms with Crippen LogP contribution in [0.3, 0.4) is 0 Å².